The lowest BCUT2D eigenvalue weighted by atomic mass is 10.1. The average Bonchev–Trinajstić information content (AvgIpc) is 2.23. The summed E-state index contributed by atoms with van der Waals surface area (Å²) in [4.78, 5) is 0. The maximum Gasteiger partial charge on any atom is 0.279 e. The van der Waals surface area contributed by atoms with Gasteiger partial charge in [0.15, 0.2) is 0 Å². The molecule has 0 aliphatic carbocycles. The van der Waals surface area contributed by atoms with E-state index >= 15 is 0 Å². The minimum atomic E-state index is -3.28. The predicted octanol–water partition coefficient (Wildman–Crippen LogP) is 0.898. The van der Waals surface area contributed by atoms with Gasteiger partial charge in [0.05, 0.1) is 0 Å². The van der Waals surface area contributed by atoms with Crippen LogP contribution < -0.4 is 4.72 Å². The first-order valence-electron chi connectivity index (χ1n) is 4.88. The van der Waals surface area contributed by atoms with Gasteiger partial charge in [-0.05, 0) is 12.0 Å². The Morgan fingerprint density at radius 3 is 2.60 bits per heavy atom. The average molecular weight is 226 g/mol. The highest BCUT2D eigenvalue weighted by molar-refractivity contribution is 7.87. The van der Waals surface area contributed by atoms with Gasteiger partial charge in [-0.3, -0.25) is 0 Å². The molecule has 2 rings (SSSR count). The van der Waals surface area contributed by atoms with Gasteiger partial charge in [0.1, 0.15) is 0 Å². The number of nitrogens with zero attached hydrogens (tertiary/aromatic N) is 1. The molecule has 4 nitrogen and oxygen atoms in total. The number of benzene rings is 1. The Bertz CT molecular complexity index is 430. The largest absolute Gasteiger partial charge is 0.279 e. The normalized spacial score (nSPS) is 26.3. The maximum atomic E-state index is 11.6. The van der Waals surface area contributed by atoms with E-state index in [1.807, 2.05) is 30.3 Å². The maximum absolute atomic E-state index is 11.6. The van der Waals surface area contributed by atoms with Gasteiger partial charge >= 0.3 is 0 Å². The predicted molar refractivity (Wildman–Crippen MR) is 58.5 cm³/mol. The molecule has 1 atom stereocenters. The highest BCUT2D eigenvalue weighted by atomic mass is 32.2. The van der Waals surface area contributed by atoms with Crippen LogP contribution in [-0.2, 0) is 10.2 Å². The van der Waals surface area contributed by atoms with E-state index in [4.69, 9.17) is 0 Å². The molecule has 1 aliphatic heterocycles. The van der Waals surface area contributed by atoms with Gasteiger partial charge in [-0.2, -0.15) is 17.4 Å². The minimum absolute atomic E-state index is 0.0904. The topological polar surface area (TPSA) is 49.4 Å². The Kier molecular flexibility index (Phi) is 2.77. The second-order valence-electron chi connectivity index (χ2n) is 3.70. The molecule has 1 N–H and O–H groups in total. The van der Waals surface area contributed by atoms with E-state index < -0.39 is 10.2 Å². The first-order chi connectivity index (χ1) is 7.09. The lowest BCUT2D eigenvalue weighted by molar-refractivity contribution is 0.382. The molecule has 1 aromatic carbocycles. The summed E-state index contributed by atoms with van der Waals surface area (Å²) in [5, 5.41) is 0. The lowest BCUT2D eigenvalue weighted by Gasteiger charge is -2.29. The van der Waals surface area contributed by atoms with Crippen molar-refractivity contribution in [2.45, 2.75) is 12.5 Å². The fourth-order valence-corrected chi connectivity index (χ4v) is 2.82. The van der Waals surface area contributed by atoms with E-state index in [1.165, 1.54) is 4.31 Å². The van der Waals surface area contributed by atoms with Crippen molar-refractivity contribution in [3.8, 4) is 0 Å². The zero-order chi connectivity index (χ0) is 10.9. The first kappa shape index (κ1) is 10.6. The van der Waals surface area contributed by atoms with Gasteiger partial charge in [0, 0.05) is 19.6 Å². The molecule has 82 valence electrons. The van der Waals surface area contributed by atoms with Crippen molar-refractivity contribution in [3.63, 3.8) is 0 Å². The van der Waals surface area contributed by atoms with Crippen molar-refractivity contribution in [1.29, 1.82) is 0 Å². The Morgan fingerprint density at radius 2 is 2.00 bits per heavy atom. The molecule has 0 aromatic heterocycles. The van der Waals surface area contributed by atoms with Gasteiger partial charge in [-0.25, -0.2) is 0 Å². The van der Waals surface area contributed by atoms with Crippen LogP contribution in [0.15, 0.2) is 30.3 Å². The first-order valence-corrected chi connectivity index (χ1v) is 6.32. The van der Waals surface area contributed by atoms with Crippen molar-refractivity contribution >= 4 is 10.2 Å². The molecule has 1 fully saturated rings. The van der Waals surface area contributed by atoms with Crippen LogP contribution in [0.2, 0.25) is 0 Å². The summed E-state index contributed by atoms with van der Waals surface area (Å²) in [6.07, 6.45) is 0.805. The monoisotopic (exact) mass is 226 g/mol. The van der Waals surface area contributed by atoms with E-state index in [-0.39, 0.29) is 6.04 Å². The van der Waals surface area contributed by atoms with E-state index in [0.29, 0.717) is 6.54 Å². The zero-order valence-electron chi connectivity index (χ0n) is 8.55. The summed E-state index contributed by atoms with van der Waals surface area (Å²) >= 11 is 0. The molecule has 5 heteroatoms. The van der Waals surface area contributed by atoms with E-state index in [9.17, 15) is 8.42 Å². The Hall–Kier alpha value is -0.910. The fraction of sp³-hybridized carbons (Fsp3) is 0.400. The molecule has 0 spiro atoms. The standard InChI is InChI=1S/C10H14N2O2S/c1-12-8-7-10(11-15(12,13)14)9-5-3-2-4-6-9/h2-6,10-11H,7-8H2,1H3. The zero-order valence-corrected chi connectivity index (χ0v) is 9.37. The van der Waals surface area contributed by atoms with E-state index in [1.54, 1.807) is 7.05 Å². The molecule has 0 bridgehead atoms. The second kappa shape index (κ2) is 3.92. The summed E-state index contributed by atoms with van der Waals surface area (Å²) in [6.45, 7) is 0.564. The number of hydrogen-bond acceptors (Lipinski definition) is 2. The molecule has 1 heterocycles. The molecule has 0 amide bonds. The van der Waals surface area contributed by atoms with Gasteiger partial charge < -0.3 is 0 Å². The summed E-state index contributed by atoms with van der Waals surface area (Å²) in [5.41, 5.74) is 1.02. The van der Waals surface area contributed by atoms with Crippen molar-refractivity contribution in [2.24, 2.45) is 0 Å². The van der Waals surface area contributed by atoms with Crippen LogP contribution >= 0.6 is 0 Å². The molecule has 1 aliphatic rings. The fourth-order valence-electron chi connectivity index (χ4n) is 1.68. The smallest absolute Gasteiger partial charge is 0.195 e. The molecule has 1 saturated heterocycles. The van der Waals surface area contributed by atoms with Gasteiger partial charge in [-0.15, -0.1) is 0 Å². The Labute approximate surface area is 90.1 Å². The molecule has 0 saturated carbocycles. The third kappa shape index (κ3) is 2.19. The van der Waals surface area contributed by atoms with Crippen molar-refractivity contribution in [1.82, 2.24) is 9.03 Å². The van der Waals surface area contributed by atoms with E-state index in [0.717, 1.165) is 12.0 Å². The van der Waals surface area contributed by atoms with Gasteiger partial charge in [0.25, 0.3) is 10.2 Å². The molecular weight excluding hydrogens is 212 g/mol. The van der Waals surface area contributed by atoms with Crippen LogP contribution in [0.5, 0.6) is 0 Å². The summed E-state index contributed by atoms with van der Waals surface area (Å²) in [7, 11) is -1.69. The van der Waals surface area contributed by atoms with Gasteiger partial charge in [0.2, 0.25) is 0 Å². The van der Waals surface area contributed by atoms with Crippen LogP contribution in [0, 0.1) is 0 Å². The van der Waals surface area contributed by atoms with Crippen molar-refractivity contribution in [2.75, 3.05) is 13.6 Å². The summed E-state index contributed by atoms with van der Waals surface area (Å²) in [6, 6.07) is 9.56. The van der Waals surface area contributed by atoms with Crippen LogP contribution in [0.25, 0.3) is 0 Å². The second-order valence-corrected chi connectivity index (χ2v) is 5.51. The van der Waals surface area contributed by atoms with Crippen LogP contribution in [0.4, 0.5) is 0 Å². The van der Waals surface area contributed by atoms with E-state index in [2.05, 4.69) is 4.72 Å². The number of rotatable bonds is 1. The Balaban J connectivity index is 2.21. The highest BCUT2D eigenvalue weighted by Crippen LogP contribution is 2.22. The molecule has 0 radical (unpaired) electrons. The number of hydrogen-bond donors (Lipinski definition) is 1. The van der Waals surface area contributed by atoms with Crippen molar-refractivity contribution < 1.29 is 8.42 Å². The van der Waals surface area contributed by atoms with Crippen LogP contribution in [0.1, 0.15) is 18.0 Å². The summed E-state index contributed by atoms with van der Waals surface area (Å²) < 4.78 is 27.2. The van der Waals surface area contributed by atoms with Crippen molar-refractivity contribution in [3.05, 3.63) is 35.9 Å². The quantitative estimate of drug-likeness (QED) is 0.773. The molecular formula is C10H14N2O2S. The van der Waals surface area contributed by atoms with Crippen LogP contribution in [-0.4, -0.2) is 26.3 Å². The number of nitrogens with one attached hydrogen (secondary N) is 1. The Morgan fingerprint density at radius 1 is 1.33 bits per heavy atom. The molecule has 1 unspecified atom stereocenters. The molecule has 1 aromatic rings. The SMILES string of the molecule is CN1CCC(c2ccccc2)NS1(=O)=O. The third-order valence-corrected chi connectivity index (χ3v) is 4.22. The highest BCUT2D eigenvalue weighted by Gasteiger charge is 2.28. The minimum Gasteiger partial charge on any atom is -0.195 e. The molecule has 15 heavy (non-hydrogen) atoms. The van der Waals surface area contributed by atoms with Gasteiger partial charge in [-0.1, -0.05) is 30.3 Å². The third-order valence-electron chi connectivity index (χ3n) is 2.64. The van der Waals surface area contributed by atoms with Crippen LogP contribution in [0.3, 0.4) is 0 Å². The summed E-state index contributed by atoms with van der Waals surface area (Å²) in [5.74, 6) is 0. The lowest BCUT2D eigenvalue weighted by Crippen LogP contribution is -2.46.